The Kier molecular flexibility index (Phi) is 5.67. The topological polar surface area (TPSA) is 128 Å². The molecule has 0 unspecified atom stereocenters. The molecule has 28 heavy (non-hydrogen) atoms. The fourth-order valence-corrected chi connectivity index (χ4v) is 5.96. The van der Waals surface area contributed by atoms with Crippen LogP contribution in [-0.4, -0.2) is 29.5 Å². The molecule has 4 rings (SSSR count). The van der Waals surface area contributed by atoms with Crippen LogP contribution in [0.2, 0.25) is 5.15 Å². The van der Waals surface area contributed by atoms with Crippen LogP contribution in [0.5, 0.6) is 0 Å². The van der Waals surface area contributed by atoms with Crippen molar-refractivity contribution in [1.82, 2.24) is 9.38 Å². The number of hydrogen-bond donors (Lipinski definition) is 2. The van der Waals surface area contributed by atoms with E-state index in [4.69, 9.17) is 23.1 Å². The Hall–Kier alpha value is -2.14. The number of benzene rings is 1. The van der Waals surface area contributed by atoms with Crippen molar-refractivity contribution in [1.29, 1.82) is 0 Å². The Balaban J connectivity index is 0.00000225. The summed E-state index contributed by atoms with van der Waals surface area (Å²) < 4.78 is 27.4. The minimum Gasteiger partial charge on any atom is -0.369 e. The summed E-state index contributed by atoms with van der Waals surface area (Å²) in [5.41, 5.74) is 14.0. The molecule has 2 heterocycles. The van der Waals surface area contributed by atoms with Crippen molar-refractivity contribution in [3.05, 3.63) is 51.6 Å². The fourth-order valence-electron chi connectivity index (χ4n) is 3.11. The minimum absolute atomic E-state index is 0. The van der Waals surface area contributed by atoms with Gasteiger partial charge in [-0.3, -0.25) is 4.40 Å². The standard InChI is InChI=1S/C16H15ClN6O2S2.ClH/c17-13-14(23-5-6-26-16(23)20-13)27(24,25)8-9-1-2-10-3-4-12(11(10)7-9)21-22-15(18)19;/h1-2,5-7H,3-4,8H2,(H4,18,19,22);1H/b21-12-;. The molecule has 0 fully saturated rings. The normalized spacial score (nSPS) is 14.8. The summed E-state index contributed by atoms with van der Waals surface area (Å²) in [6.45, 7) is 0. The highest BCUT2D eigenvalue weighted by molar-refractivity contribution is 7.90. The minimum atomic E-state index is -3.69. The molecule has 1 aromatic carbocycles. The molecule has 0 radical (unpaired) electrons. The quantitative estimate of drug-likeness (QED) is 0.352. The number of imidazole rings is 1. The van der Waals surface area contributed by atoms with Gasteiger partial charge < -0.3 is 11.5 Å². The molecule has 0 amide bonds. The third-order valence-corrected chi connectivity index (χ3v) is 7.06. The molecule has 0 saturated heterocycles. The zero-order valence-corrected chi connectivity index (χ0v) is 17.6. The smallest absolute Gasteiger partial charge is 0.211 e. The van der Waals surface area contributed by atoms with E-state index < -0.39 is 9.84 Å². The van der Waals surface area contributed by atoms with Gasteiger partial charge in [-0.25, -0.2) is 13.4 Å². The van der Waals surface area contributed by atoms with Crippen molar-refractivity contribution in [3.63, 3.8) is 0 Å². The highest BCUT2D eigenvalue weighted by Gasteiger charge is 2.26. The summed E-state index contributed by atoms with van der Waals surface area (Å²) in [7, 11) is -3.69. The number of rotatable bonds is 4. The van der Waals surface area contributed by atoms with E-state index >= 15 is 0 Å². The van der Waals surface area contributed by atoms with E-state index in [9.17, 15) is 8.42 Å². The second kappa shape index (κ2) is 7.70. The summed E-state index contributed by atoms with van der Waals surface area (Å²) in [5.74, 6) is -0.316. The lowest BCUT2D eigenvalue weighted by Crippen LogP contribution is -2.22. The van der Waals surface area contributed by atoms with Crippen molar-refractivity contribution in [2.24, 2.45) is 21.7 Å². The summed E-state index contributed by atoms with van der Waals surface area (Å²) in [4.78, 5) is 4.64. The number of nitrogens with two attached hydrogens (primary N) is 2. The Bertz CT molecular complexity index is 1210. The lowest BCUT2D eigenvalue weighted by atomic mass is 10.1. The Morgan fingerprint density at radius 2 is 2.11 bits per heavy atom. The molecule has 148 valence electrons. The first-order chi connectivity index (χ1) is 12.8. The van der Waals surface area contributed by atoms with Crippen LogP contribution in [0.25, 0.3) is 4.96 Å². The number of sulfone groups is 1. The number of halogens is 2. The fraction of sp³-hybridized carbons (Fsp3) is 0.188. The van der Waals surface area contributed by atoms with Gasteiger partial charge in [-0.1, -0.05) is 23.7 Å². The van der Waals surface area contributed by atoms with Crippen LogP contribution in [0.1, 0.15) is 23.1 Å². The number of aromatic nitrogens is 2. The van der Waals surface area contributed by atoms with Gasteiger partial charge in [-0.2, -0.15) is 5.10 Å². The molecule has 8 nitrogen and oxygen atoms in total. The number of aryl methyl sites for hydroxylation is 1. The summed E-state index contributed by atoms with van der Waals surface area (Å²) in [6.07, 6.45) is 3.16. The van der Waals surface area contributed by atoms with Crippen LogP contribution in [0.4, 0.5) is 0 Å². The van der Waals surface area contributed by atoms with Crippen LogP contribution in [0, 0.1) is 0 Å². The number of guanidine groups is 1. The van der Waals surface area contributed by atoms with Crippen LogP contribution in [-0.2, 0) is 22.0 Å². The maximum absolute atomic E-state index is 13.0. The van der Waals surface area contributed by atoms with E-state index in [1.165, 1.54) is 15.7 Å². The number of thiazole rings is 1. The number of hydrogen-bond acceptors (Lipinski definition) is 6. The van der Waals surface area contributed by atoms with Gasteiger partial charge in [-0.15, -0.1) is 28.8 Å². The summed E-state index contributed by atoms with van der Waals surface area (Å²) in [5, 5.41) is 9.53. The van der Waals surface area contributed by atoms with E-state index in [2.05, 4.69) is 15.2 Å². The number of nitrogens with zero attached hydrogens (tertiary/aromatic N) is 4. The van der Waals surface area contributed by atoms with Gasteiger partial charge in [0.1, 0.15) is 0 Å². The molecule has 0 atom stereocenters. The lowest BCUT2D eigenvalue weighted by Gasteiger charge is -2.07. The first kappa shape index (κ1) is 20.6. The zero-order chi connectivity index (χ0) is 19.2. The molecule has 0 aliphatic heterocycles. The molecule has 12 heteroatoms. The third kappa shape index (κ3) is 3.72. The van der Waals surface area contributed by atoms with E-state index in [1.54, 1.807) is 17.6 Å². The molecule has 3 aromatic rings. The van der Waals surface area contributed by atoms with Crippen LogP contribution >= 0.6 is 35.3 Å². The average Bonchev–Trinajstić information content (AvgIpc) is 3.26. The monoisotopic (exact) mass is 458 g/mol. The van der Waals surface area contributed by atoms with E-state index in [0.717, 1.165) is 23.3 Å². The third-order valence-electron chi connectivity index (χ3n) is 4.23. The van der Waals surface area contributed by atoms with Crippen molar-refractivity contribution >= 4 is 61.8 Å². The molecular formula is C16H16Cl2N6O2S2. The average molecular weight is 459 g/mol. The van der Waals surface area contributed by atoms with Crippen molar-refractivity contribution in [3.8, 4) is 0 Å². The molecule has 1 aliphatic carbocycles. The second-order valence-electron chi connectivity index (χ2n) is 6.09. The Morgan fingerprint density at radius 3 is 2.86 bits per heavy atom. The van der Waals surface area contributed by atoms with Gasteiger partial charge in [0, 0.05) is 17.1 Å². The Labute approximate surface area is 176 Å². The first-order valence-electron chi connectivity index (χ1n) is 7.96. The first-order valence-corrected chi connectivity index (χ1v) is 10.9. The van der Waals surface area contributed by atoms with Gasteiger partial charge in [0.05, 0.1) is 11.5 Å². The Morgan fingerprint density at radius 1 is 1.32 bits per heavy atom. The molecule has 0 saturated carbocycles. The predicted molar refractivity (Wildman–Crippen MR) is 113 cm³/mol. The highest BCUT2D eigenvalue weighted by Crippen LogP contribution is 2.30. The highest BCUT2D eigenvalue weighted by atomic mass is 35.5. The van der Waals surface area contributed by atoms with Crippen molar-refractivity contribution in [2.45, 2.75) is 23.6 Å². The predicted octanol–water partition coefficient (Wildman–Crippen LogP) is 2.37. The number of fused-ring (bicyclic) bond motifs is 2. The summed E-state index contributed by atoms with van der Waals surface area (Å²) in [6, 6.07) is 5.54. The molecule has 0 bridgehead atoms. The van der Waals surface area contributed by atoms with Gasteiger partial charge in [0.15, 0.2) is 15.1 Å². The van der Waals surface area contributed by atoms with E-state index in [1.807, 2.05) is 12.1 Å². The lowest BCUT2D eigenvalue weighted by molar-refractivity contribution is 0.590. The van der Waals surface area contributed by atoms with Crippen LogP contribution < -0.4 is 11.5 Å². The van der Waals surface area contributed by atoms with Crippen LogP contribution in [0.15, 0.2) is 45.0 Å². The molecule has 0 spiro atoms. The summed E-state index contributed by atoms with van der Waals surface area (Å²) >= 11 is 7.41. The maximum atomic E-state index is 13.0. The maximum Gasteiger partial charge on any atom is 0.211 e. The molecule has 2 aromatic heterocycles. The van der Waals surface area contributed by atoms with Crippen molar-refractivity contribution in [2.75, 3.05) is 0 Å². The largest absolute Gasteiger partial charge is 0.369 e. The SMILES string of the molecule is Cl.NC(N)=N/N=C1/CCc2ccc(CS(=O)(=O)c3c(Cl)nc4sccn34)cc21. The van der Waals surface area contributed by atoms with Gasteiger partial charge in [0.2, 0.25) is 15.8 Å². The molecule has 4 N–H and O–H groups in total. The molecular weight excluding hydrogens is 443 g/mol. The van der Waals surface area contributed by atoms with Crippen LogP contribution in [0.3, 0.4) is 0 Å². The van der Waals surface area contributed by atoms with Gasteiger partial charge in [0.25, 0.3) is 0 Å². The van der Waals surface area contributed by atoms with Gasteiger partial charge in [-0.05, 0) is 30.0 Å². The van der Waals surface area contributed by atoms with Gasteiger partial charge >= 0.3 is 0 Å². The van der Waals surface area contributed by atoms with E-state index in [-0.39, 0.29) is 34.3 Å². The van der Waals surface area contributed by atoms with E-state index in [0.29, 0.717) is 16.9 Å². The van der Waals surface area contributed by atoms with Crippen molar-refractivity contribution < 1.29 is 8.42 Å². The second-order valence-corrected chi connectivity index (χ2v) is 9.22. The molecule has 1 aliphatic rings. The zero-order valence-electron chi connectivity index (χ0n) is 14.4.